The fraction of sp³-hybridized carbons (Fsp3) is 0.429. The number of nitrogens with zero attached hydrogens (tertiary/aromatic N) is 1. The molecular weight excluding hydrogens is 278 g/mol. The molecule has 2 heterocycles. The second kappa shape index (κ2) is 6.24. The number of halogens is 1. The normalized spacial score (nSPS) is 17.2. The minimum atomic E-state index is -0.0759. The first kappa shape index (κ1) is 14.8. The number of hydrogen-bond donors (Lipinski definition) is 2. The molecule has 0 unspecified atom stereocenters. The Hall–Kier alpha value is -1.59. The second-order valence-corrected chi connectivity index (χ2v) is 5.15. The van der Waals surface area contributed by atoms with Crippen LogP contribution in [0.4, 0.5) is 0 Å². The van der Waals surface area contributed by atoms with E-state index >= 15 is 0 Å². The van der Waals surface area contributed by atoms with E-state index in [1.165, 1.54) is 0 Å². The number of carbonyl (C=O) groups excluding carboxylic acids is 2. The topological polar surface area (TPSA) is 61.4 Å². The molecular formula is C14H18ClN3O2. The lowest BCUT2D eigenvalue weighted by Gasteiger charge is -2.27. The van der Waals surface area contributed by atoms with Crippen molar-refractivity contribution in [2.24, 2.45) is 5.92 Å². The molecule has 2 aliphatic heterocycles. The summed E-state index contributed by atoms with van der Waals surface area (Å²) in [7, 11) is 0. The van der Waals surface area contributed by atoms with Crippen molar-refractivity contribution in [3.8, 4) is 0 Å². The molecule has 1 saturated heterocycles. The molecule has 108 valence electrons. The van der Waals surface area contributed by atoms with Gasteiger partial charge in [-0.1, -0.05) is 18.2 Å². The lowest BCUT2D eigenvalue weighted by atomic mass is 10.0. The maximum Gasteiger partial charge on any atom is 0.254 e. The zero-order valence-electron chi connectivity index (χ0n) is 11.1. The van der Waals surface area contributed by atoms with Gasteiger partial charge in [-0.05, 0) is 11.6 Å². The summed E-state index contributed by atoms with van der Waals surface area (Å²) in [5, 5.41) is 6.05. The first-order chi connectivity index (χ1) is 9.24. The molecule has 5 nitrogen and oxygen atoms in total. The highest BCUT2D eigenvalue weighted by molar-refractivity contribution is 6.00. The van der Waals surface area contributed by atoms with Crippen LogP contribution in [0.2, 0.25) is 0 Å². The number of hydrogen-bond acceptors (Lipinski definition) is 3. The van der Waals surface area contributed by atoms with Gasteiger partial charge in [0.05, 0.1) is 0 Å². The molecule has 2 amide bonds. The maximum atomic E-state index is 12.1. The average molecular weight is 296 g/mol. The van der Waals surface area contributed by atoms with Crippen molar-refractivity contribution in [3.63, 3.8) is 0 Å². The summed E-state index contributed by atoms with van der Waals surface area (Å²) in [4.78, 5) is 25.5. The summed E-state index contributed by atoms with van der Waals surface area (Å²) in [6.45, 7) is 3.31. The van der Waals surface area contributed by atoms with E-state index in [1.807, 2.05) is 24.3 Å². The molecule has 1 fully saturated rings. The highest BCUT2D eigenvalue weighted by Gasteiger charge is 2.28. The van der Waals surface area contributed by atoms with E-state index in [1.54, 1.807) is 4.90 Å². The van der Waals surface area contributed by atoms with E-state index < -0.39 is 0 Å². The van der Waals surface area contributed by atoms with Gasteiger partial charge in [0.1, 0.15) is 6.54 Å². The summed E-state index contributed by atoms with van der Waals surface area (Å²) >= 11 is 0. The van der Waals surface area contributed by atoms with Crippen molar-refractivity contribution in [2.45, 2.75) is 6.54 Å². The summed E-state index contributed by atoms with van der Waals surface area (Å²) in [6.07, 6.45) is 0. The van der Waals surface area contributed by atoms with Crippen LogP contribution >= 0.6 is 12.4 Å². The van der Waals surface area contributed by atoms with Crippen LogP contribution in [0.15, 0.2) is 24.3 Å². The molecule has 0 atom stereocenters. The van der Waals surface area contributed by atoms with E-state index in [9.17, 15) is 9.59 Å². The van der Waals surface area contributed by atoms with E-state index in [2.05, 4.69) is 10.6 Å². The Bertz CT molecular complexity index is 517. The largest absolute Gasteiger partial charge is 0.354 e. The smallest absolute Gasteiger partial charge is 0.254 e. The molecule has 0 saturated carbocycles. The molecule has 1 aromatic carbocycles. The van der Waals surface area contributed by atoms with Crippen LogP contribution in [0.1, 0.15) is 15.9 Å². The Morgan fingerprint density at radius 2 is 2.10 bits per heavy atom. The molecule has 2 aliphatic rings. The number of carbonyl (C=O) groups is 2. The quantitative estimate of drug-likeness (QED) is 0.845. The molecule has 1 aromatic rings. The molecule has 0 bridgehead atoms. The first-order valence-electron chi connectivity index (χ1n) is 6.58. The molecule has 0 spiro atoms. The van der Waals surface area contributed by atoms with E-state index in [0.717, 1.165) is 24.2 Å². The van der Waals surface area contributed by atoms with Gasteiger partial charge in [-0.25, -0.2) is 0 Å². The van der Waals surface area contributed by atoms with Crippen LogP contribution in [0.3, 0.4) is 0 Å². The minimum Gasteiger partial charge on any atom is -0.354 e. The molecule has 0 aliphatic carbocycles. The molecule has 0 aromatic heterocycles. The average Bonchev–Trinajstić information content (AvgIpc) is 2.65. The van der Waals surface area contributed by atoms with Gasteiger partial charge in [0, 0.05) is 37.7 Å². The fourth-order valence-electron chi connectivity index (χ4n) is 2.42. The highest BCUT2D eigenvalue weighted by atomic mass is 35.5. The maximum absolute atomic E-state index is 12.1. The molecule has 6 heteroatoms. The Labute approximate surface area is 124 Å². The van der Waals surface area contributed by atoms with Gasteiger partial charge >= 0.3 is 0 Å². The van der Waals surface area contributed by atoms with Crippen LogP contribution in [0, 0.1) is 5.92 Å². The Morgan fingerprint density at radius 3 is 2.75 bits per heavy atom. The molecule has 3 rings (SSSR count). The van der Waals surface area contributed by atoms with Crippen LogP contribution in [0.25, 0.3) is 0 Å². The third kappa shape index (κ3) is 2.94. The summed E-state index contributed by atoms with van der Waals surface area (Å²) < 4.78 is 0. The summed E-state index contributed by atoms with van der Waals surface area (Å²) in [5.74, 6) is 0.416. The van der Waals surface area contributed by atoms with Gasteiger partial charge in [-0.3, -0.25) is 9.59 Å². The van der Waals surface area contributed by atoms with Crippen LogP contribution in [0.5, 0.6) is 0 Å². The van der Waals surface area contributed by atoms with Crippen molar-refractivity contribution in [1.82, 2.24) is 15.5 Å². The zero-order chi connectivity index (χ0) is 13.2. The van der Waals surface area contributed by atoms with Crippen LogP contribution in [-0.4, -0.2) is 42.9 Å². The van der Waals surface area contributed by atoms with Crippen LogP contribution < -0.4 is 10.6 Å². The van der Waals surface area contributed by atoms with Gasteiger partial charge in [0.25, 0.3) is 5.91 Å². The number of benzene rings is 1. The third-order valence-electron chi connectivity index (χ3n) is 3.68. The predicted molar refractivity (Wildman–Crippen MR) is 77.8 cm³/mol. The number of amides is 2. The van der Waals surface area contributed by atoms with Crippen molar-refractivity contribution in [2.75, 3.05) is 26.2 Å². The second-order valence-electron chi connectivity index (χ2n) is 5.15. The lowest BCUT2D eigenvalue weighted by molar-refractivity contribution is -0.122. The minimum absolute atomic E-state index is 0. The Balaban J connectivity index is 0.00000147. The molecule has 0 radical (unpaired) electrons. The number of rotatable bonds is 4. The van der Waals surface area contributed by atoms with Crippen molar-refractivity contribution >= 4 is 24.2 Å². The predicted octanol–water partition coefficient (Wildman–Crippen LogP) is 0.400. The number of fused-ring (bicyclic) bond motifs is 1. The third-order valence-corrected chi connectivity index (χ3v) is 3.68. The van der Waals surface area contributed by atoms with Gasteiger partial charge in [0.2, 0.25) is 5.91 Å². The van der Waals surface area contributed by atoms with E-state index in [4.69, 9.17) is 0 Å². The summed E-state index contributed by atoms with van der Waals surface area (Å²) in [5.41, 5.74) is 1.72. The SMILES string of the molecule is Cl.O=C(CN1Cc2ccccc2C1=O)NCC1CNC1. The van der Waals surface area contributed by atoms with E-state index in [0.29, 0.717) is 19.0 Å². The zero-order valence-corrected chi connectivity index (χ0v) is 11.9. The van der Waals surface area contributed by atoms with Crippen LogP contribution in [-0.2, 0) is 11.3 Å². The van der Waals surface area contributed by atoms with Crippen molar-refractivity contribution in [3.05, 3.63) is 35.4 Å². The Kier molecular flexibility index (Phi) is 4.62. The standard InChI is InChI=1S/C14H17N3O2.ClH/c18-13(16-7-10-5-15-6-10)9-17-8-11-3-1-2-4-12(11)14(17)19;/h1-4,10,15H,5-9H2,(H,16,18);1H. The van der Waals surface area contributed by atoms with Gasteiger partial charge in [-0.15, -0.1) is 12.4 Å². The first-order valence-corrected chi connectivity index (χ1v) is 6.58. The monoisotopic (exact) mass is 295 g/mol. The Morgan fingerprint density at radius 1 is 1.35 bits per heavy atom. The fourth-order valence-corrected chi connectivity index (χ4v) is 2.42. The van der Waals surface area contributed by atoms with Gasteiger partial charge in [0.15, 0.2) is 0 Å². The summed E-state index contributed by atoms with van der Waals surface area (Å²) in [6, 6.07) is 7.52. The highest BCUT2D eigenvalue weighted by Crippen LogP contribution is 2.21. The van der Waals surface area contributed by atoms with Crippen molar-refractivity contribution in [1.29, 1.82) is 0 Å². The van der Waals surface area contributed by atoms with Crippen molar-refractivity contribution < 1.29 is 9.59 Å². The number of nitrogens with one attached hydrogen (secondary N) is 2. The molecule has 2 N–H and O–H groups in total. The molecule has 20 heavy (non-hydrogen) atoms. The lowest BCUT2D eigenvalue weighted by Crippen LogP contribution is -2.49. The van der Waals surface area contributed by atoms with Gasteiger partial charge < -0.3 is 15.5 Å². The van der Waals surface area contributed by atoms with Gasteiger partial charge in [-0.2, -0.15) is 0 Å². The van der Waals surface area contributed by atoms with E-state index in [-0.39, 0.29) is 30.8 Å².